The highest BCUT2D eigenvalue weighted by Crippen LogP contribution is 2.18. The van der Waals surface area contributed by atoms with Gasteiger partial charge in [-0.25, -0.2) is 0 Å². The van der Waals surface area contributed by atoms with E-state index in [0.717, 1.165) is 5.69 Å². The van der Waals surface area contributed by atoms with Crippen LogP contribution in [0.4, 0.5) is 0 Å². The van der Waals surface area contributed by atoms with Crippen molar-refractivity contribution >= 4 is 5.78 Å². The van der Waals surface area contributed by atoms with Crippen LogP contribution >= 0.6 is 0 Å². The van der Waals surface area contributed by atoms with Crippen LogP contribution in [0.15, 0.2) is 24.5 Å². The number of hydrogen-bond donors (Lipinski definition) is 0. The molecule has 5 heteroatoms. The van der Waals surface area contributed by atoms with Crippen LogP contribution in [0.3, 0.4) is 0 Å². The monoisotopic (exact) mass is 285 g/mol. The zero-order valence-corrected chi connectivity index (χ0v) is 12.8. The first-order valence-corrected chi connectivity index (χ1v) is 7.00. The molecule has 0 aliphatic carbocycles. The molecule has 0 saturated carbocycles. The van der Waals surface area contributed by atoms with Gasteiger partial charge in [0.25, 0.3) is 0 Å². The fraction of sp³-hybridized carbons (Fsp3) is 0.375. The first-order chi connectivity index (χ1) is 10.0. The van der Waals surface area contributed by atoms with Crippen LogP contribution in [0.1, 0.15) is 48.1 Å². The summed E-state index contributed by atoms with van der Waals surface area (Å²) in [5.41, 5.74) is 2.49. The number of pyridine rings is 1. The van der Waals surface area contributed by atoms with Crippen LogP contribution < -0.4 is 4.74 Å². The van der Waals surface area contributed by atoms with Gasteiger partial charge in [0, 0.05) is 17.3 Å². The number of ether oxygens (including phenoxy) is 1. The molecule has 0 saturated heterocycles. The van der Waals surface area contributed by atoms with Gasteiger partial charge in [-0.2, -0.15) is 10.2 Å². The van der Waals surface area contributed by atoms with Crippen LogP contribution in [-0.4, -0.2) is 27.1 Å². The molecule has 2 aromatic rings. The number of aromatic nitrogens is 3. The highest BCUT2D eigenvalue weighted by atomic mass is 16.5. The zero-order chi connectivity index (χ0) is 15.4. The van der Waals surface area contributed by atoms with Gasteiger partial charge in [0.1, 0.15) is 5.75 Å². The van der Waals surface area contributed by atoms with Crippen LogP contribution in [0.2, 0.25) is 0 Å². The lowest BCUT2D eigenvalue weighted by Crippen LogP contribution is -2.11. The molecule has 0 amide bonds. The molecule has 0 fully saturated rings. The Balaban J connectivity index is 2.38. The molecule has 0 aliphatic rings. The summed E-state index contributed by atoms with van der Waals surface area (Å²) in [4.78, 5) is 16.7. The van der Waals surface area contributed by atoms with E-state index >= 15 is 0 Å². The Labute approximate surface area is 124 Å². The molecule has 0 bridgehead atoms. The second-order valence-corrected chi connectivity index (χ2v) is 5.10. The van der Waals surface area contributed by atoms with Gasteiger partial charge in [-0.05, 0) is 39.3 Å². The third-order valence-corrected chi connectivity index (χ3v) is 2.92. The molecule has 0 N–H and O–H groups in total. The lowest BCUT2D eigenvalue weighted by atomic mass is 10.0. The average Bonchev–Trinajstić information content (AvgIpc) is 2.46. The van der Waals surface area contributed by atoms with Gasteiger partial charge >= 0.3 is 0 Å². The maximum absolute atomic E-state index is 12.7. The molecule has 2 aromatic heterocycles. The summed E-state index contributed by atoms with van der Waals surface area (Å²) >= 11 is 0. The Morgan fingerprint density at radius 3 is 2.67 bits per heavy atom. The van der Waals surface area contributed by atoms with E-state index in [1.165, 1.54) is 0 Å². The number of aryl methyl sites for hydroxylation is 2. The van der Waals surface area contributed by atoms with E-state index < -0.39 is 0 Å². The molecular formula is C16H19N3O2. The molecular weight excluding hydrogens is 266 g/mol. The van der Waals surface area contributed by atoms with E-state index in [4.69, 9.17) is 4.74 Å². The second-order valence-electron chi connectivity index (χ2n) is 5.10. The molecule has 0 radical (unpaired) electrons. The summed E-state index contributed by atoms with van der Waals surface area (Å²) in [5, 5.41) is 8.09. The molecule has 0 unspecified atom stereocenters. The highest BCUT2D eigenvalue weighted by molar-refractivity contribution is 6.09. The van der Waals surface area contributed by atoms with E-state index in [2.05, 4.69) is 15.2 Å². The Morgan fingerprint density at radius 2 is 2.00 bits per heavy atom. The van der Waals surface area contributed by atoms with E-state index in [-0.39, 0.29) is 11.9 Å². The van der Waals surface area contributed by atoms with Crippen LogP contribution in [0, 0.1) is 6.92 Å². The van der Waals surface area contributed by atoms with Crippen LogP contribution in [0.25, 0.3) is 0 Å². The molecule has 21 heavy (non-hydrogen) atoms. The standard InChI is InChI=1S/C16H19N3O2/c1-5-15-14(6-11(4)18-19-15)16(20)12-7-13(9-17-8-12)21-10(2)3/h6-10H,5H2,1-4H3. The van der Waals surface area contributed by atoms with Gasteiger partial charge in [-0.15, -0.1) is 0 Å². The Bertz CT molecular complexity index is 654. The van der Waals surface area contributed by atoms with Crippen molar-refractivity contribution in [2.75, 3.05) is 0 Å². The summed E-state index contributed by atoms with van der Waals surface area (Å²) < 4.78 is 5.58. The quantitative estimate of drug-likeness (QED) is 0.790. The van der Waals surface area contributed by atoms with Crippen molar-refractivity contribution < 1.29 is 9.53 Å². The maximum Gasteiger partial charge on any atom is 0.196 e. The first kappa shape index (κ1) is 15.1. The molecule has 5 nitrogen and oxygen atoms in total. The summed E-state index contributed by atoms with van der Waals surface area (Å²) in [5.74, 6) is 0.485. The van der Waals surface area contributed by atoms with Gasteiger partial charge < -0.3 is 4.74 Å². The highest BCUT2D eigenvalue weighted by Gasteiger charge is 2.16. The molecule has 0 atom stereocenters. The summed E-state index contributed by atoms with van der Waals surface area (Å²) in [6.45, 7) is 7.63. The van der Waals surface area contributed by atoms with E-state index in [1.54, 1.807) is 24.5 Å². The minimum Gasteiger partial charge on any atom is -0.489 e. The predicted octanol–water partition coefficient (Wildman–Crippen LogP) is 2.76. The molecule has 110 valence electrons. The van der Waals surface area contributed by atoms with Crippen molar-refractivity contribution in [3.63, 3.8) is 0 Å². The van der Waals surface area contributed by atoms with Crippen molar-refractivity contribution in [1.29, 1.82) is 0 Å². The summed E-state index contributed by atoms with van der Waals surface area (Å²) in [6, 6.07) is 3.48. The molecule has 0 aliphatic heterocycles. The van der Waals surface area contributed by atoms with Crippen molar-refractivity contribution in [3.8, 4) is 5.75 Å². The number of hydrogen-bond acceptors (Lipinski definition) is 5. The van der Waals surface area contributed by atoms with Crippen molar-refractivity contribution in [2.24, 2.45) is 0 Å². The van der Waals surface area contributed by atoms with Gasteiger partial charge in [-0.1, -0.05) is 6.92 Å². The lowest BCUT2D eigenvalue weighted by Gasteiger charge is -2.11. The zero-order valence-electron chi connectivity index (χ0n) is 12.8. The van der Waals surface area contributed by atoms with E-state index in [1.807, 2.05) is 27.7 Å². The van der Waals surface area contributed by atoms with E-state index in [9.17, 15) is 4.79 Å². The summed E-state index contributed by atoms with van der Waals surface area (Å²) in [7, 11) is 0. The number of ketones is 1. The normalized spacial score (nSPS) is 10.7. The molecule has 2 heterocycles. The topological polar surface area (TPSA) is 65.0 Å². The predicted molar refractivity (Wildman–Crippen MR) is 79.6 cm³/mol. The SMILES string of the molecule is CCc1nnc(C)cc1C(=O)c1cncc(OC(C)C)c1. The number of nitrogens with zero attached hydrogens (tertiary/aromatic N) is 3. The van der Waals surface area contributed by atoms with Gasteiger partial charge in [0.2, 0.25) is 0 Å². The number of rotatable bonds is 5. The van der Waals surface area contributed by atoms with Gasteiger partial charge in [-0.3, -0.25) is 9.78 Å². The third-order valence-electron chi connectivity index (χ3n) is 2.92. The minimum absolute atomic E-state index is 0.0354. The Morgan fingerprint density at radius 1 is 1.24 bits per heavy atom. The van der Waals surface area contributed by atoms with Crippen LogP contribution in [-0.2, 0) is 6.42 Å². The second kappa shape index (κ2) is 6.43. The van der Waals surface area contributed by atoms with Gasteiger partial charge in [0.15, 0.2) is 5.78 Å². The van der Waals surface area contributed by atoms with Gasteiger partial charge in [0.05, 0.1) is 23.7 Å². The molecule has 0 aromatic carbocycles. The average molecular weight is 285 g/mol. The number of carbonyl (C=O) groups is 1. The third kappa shape index (κ3) is 3.62. The van der Waals surface area contributed by atoms with Crippen molar-refractivity contribution in [2.45, 2.75) is 40.2 Å². The fourth-order valence-electron chi connectivity index (χ4n) is 2.01. The first-order valence-electron chi connectivity index (χ1n) is 7.00. The lowest BCUT2D eigenvalue weighted by molar-refractivity contribution is 0.103. The fourth-order valence-corrected chi connectivity index (χ4v) is 2.01. The largest absolute Gasteiger partial charge is 0.489 e. The smallest absolute Gasteiger partial charge is 0.196 e. The van der Waals surface area contributed by atoms with E-state index in [0.29, 0.717) is 29.0 Å². The van der Waals surface area contributed by atoms with Crippen molar-refractivity contribution in [1.82, 2.24) is 15.2 Å². The van der Waals surface area contributed by atoms with Crippen LogP contribution in [0.5, 0.6) is 5.75 Å². The number of carbonyl (C=O) groups excluding carboxylic acids is 1. The maximum atomic E-state index is 12.7. The summed E-state index contributed by atoms with van der Waals surface area (Å²) in [6.07, 6.45) is 3.84. The Hall–Kier alpha value is -2.30. The Kier molecular flexibility index (Phi) is 4.62. The molecule has 2 rings (SSSR count). The molecule has 0 spiro atoms. The van der Waals surface area contributed by atoms with Crippen molar-refractivity contribution in [3.05, 3.63) is 47.0 Å². The minimum atomic E-state index is -0.105.